The Morgan fingerprint density at radius 1 is 1.08 bits per heavy atom. The number of ether oxygens (including phenoxy) is 1. The summed E-state index contributed by atoms with van der Waals surface area (Å²) in [6, 6.07) is 8.07. The van der Waals surface area contributed by atoms with E-state index >= 15 is 0 Å². The molecule has 0 heterocycles. The van der Waals surface area contributed by atoms with E-state index < -0.39 is 30.7 Å². The van der Waals surface area contributed by atoms with Crippen molar-refractivity contribution in [2.45, 2.75) is 31.4 Å². The first-order valence-electron chi connectivity index (χ1n) is 7.00. The fraction of sp³-hybridized carbons (Fsp3) is 0.500. The van der Waals surface area contributed by atoms with Crippen molar-refractivity contribution in [3.05, 3.63) is 35.9 Å². The van der Waals surface area contributed by atoms with Gasteiger partial charge < -0.3 is 10.1 Å². The van der Waals surface area contributed by atoms with Crippen molar-refractivity contribution >= 4 is 6.09 Å². The molecular weight excluding hydrogens is 342 g/mol. The van der Waals surface area contributed by atoms with Crippen molar-refractivity contribution in [3.8, 4) is 0 Å². The number of carbonyl (C=O) groups excluding carboxylic acids is 1. The van der Waals surface area contributed by atoms with E-state index in [4.69, 9.17) is 0 Å². The van der Waals surface area contributed by atoms with Gasteiger partial charge in [0.25, 0.3) is 0 Å². The molecule has 136 valence electrons. The first-order valence-corrected chi connectivity index (χ1v) is 7.00. The lowest BCUT2D eigenvalue weighted by Crippen LogP contribution is -3.08. The fourth-order valence-electron chi connectivity index (χ4n) is 2.01. The van der Waals surface area contributed by atoms with Crippen LogP contribution in [-0.2, 0) is 11.2 Å². The molecule has 1 aromatic carbocycles. The number of quaternary nitrogens is 1. The van der Waals surface area contributed by atoms with E-state index in [1.165, 1.54) is 6.92 Å². The minimum absolute atomic E-state index is 0.0247. The van der Waals surface area contributed by atoms with Crippen LogP contribution in [0.15, 0.2) is 30.3 Å². The maximum Gasteiger partial charge on any atom is 0.475 e. The highest BCUT2D eigenvalue weighted by Gasteiger charge is 2.76. The Morgan fingerprint density at radius 3 is 2.08 bits per heavy atom. The van der Waals surface area contributed by atoms with Crippen molar-refractivity contribution in [1.29, 1.82) is 0 Å². The van der Waals surface area contributed by atoms with Gasteiger partial charge in [0.1, 0.15) is 0 Å². The molecule has 24 heavy (non-hydrogen) atoms. The number of nitrogens with one attached hydrogen (secondary N) is 1. The summed E-state index contributed by atoms with van der Waals surface area (Å²) in [5, 5.41) is 0.956. The molecule has 0 fully saturated rings. The summed E-state index contributed by atoms with van der Waals surface area (Å²) in [6.45, 7) is 0.360. The molecule has 1 rings (SSSR count). The Balaban J connectivity index is 3.00. The maximum absolute atomic E-state index is 13.2. The highest BCUT2D eigenvalue weighted by Crippen LogP contribution is 2.38. The number of rotatable bonds is 6. The molecule has 0 aliphatic carbocycles. The summed E-state index contributed by atoms with van der Waals surface area (Å²) < 4.78 is 83.2. The first kappa shape index (κ1) is 20.1. The topological polar surface area (TPSA) is 54.9 Å². The normalized spacial score (nSPS) is 12.8. The molecule has 0 atom stereocenters. The lowest BCUT2D eigenvalue weighted by atomic mass is 10.1. The average molecular weight is 359 g/mol. The lowest BCUT2D eigenvalue weighted by molar-refractivity contribution is -0.784. The molecule has 0 aliphatic rings. The quantitative estimate of drug-likeness (QED) is 0.605. The number of alkyl halides is 6. The molecule has 0 aromatic heterocycles. The molecule has 3 N–H and O–H groups in total. The Kier molecular flexibility index (Phi) is 6.47. The van der Waals surface area contributed by atoms with E-state index in [1.807, 2.05) is 0 Å². The largest absolute Gasteiger partial charge is 0.475 e. The van der Waals surface area contributed by atoms with Gasteiger partial charge in [-0.1, -0.05) is 30.3 Å². The predicted octanol–water partition coefficient (Wildman–Crippen LogP) is 2.36. The van der Waals surface area contributed by atoms with Gasteiger partial charge in [-0.3, -0.25) is 5.32 Å². The molecule has 10 heteroatoms. The average Bonchev–Trinajstić information content (AvgIpc) is 2.45. The molecule has 0 saturated heterocycles. The van der Waals surface area contributed by atoms with Gasteiger partial charge in [0.15, 0.2) is 0 Å². The van der Waals surface area contributed by atoms with Gasteiger partial charge in [-0.2, -0.15) is 26.3 Å². The molecule has 1 amide bonds. The number of carbonyl (C=O) groups is 1. The van der Waals surface area contributed by atoms with Gasteiger partial charge in [-0.05, 0) is 12.5 Å². The van der Waals surface area contributed by atoms with Crippen LogP contribution in [0.4, 0.5) is 31.1 Å². The van der Waals surface area contributed by atoms with E-state index in [2.05, 4.69) is 4.74 Å². The van der Waals surface area contributed by atoms with Crippen LogP contribution in [0, 0.1) is 0 Å². The smallest absolute Gasteiger partial charge is 0.450 e. The van der Waals surface area contributed by atoms with Crippen LogP contribution in [0.1, 0.15) is 12.5 Å². The van der Waals surface area contributed by atoms with Crippen LogP contribution in [0.3, 0.4) is 0 Å². The molecule has 0 radical (unpaired) electrons. The molecule has 0 unspecified atom stereocenters. The SMILES string of the molecule is CCOC(=O)NC([NH2+]CCc1ccccc1)(C(F)(F)F)C(F)(F)F. The second kappa shape index (κ2) is 7.73. The van der Waals surface area contributed by atoms with Crippen LogP contribution in [-0.4, -0.2) is 37.3 Å². The summed E-state index contributed by atoms with van der Waals surface area (Å²) in [7, 11) is 0. The van der Waals surface area contributed by atoms with E-state index in [9.17, 15) is 31.1 Å². The number of halogens is 6. The predicted molar refractivity (Wildman–Crippen MR) is 71.9 cm³/mol. The van der Waals surface area contributed by atoms with Crippen LogP contribution in [0.5, 0.6) is 0 Å². The van der Waals surface area contributed by atoms with Crippen LogP contribution in [0.25, 0.3) is 0 Å². The minimum Gasteiger partial charge on any atom is -0.450 e. The fourth-order valence-corrected chi connectivity index (χ4v) is 2.01. The van der Waals surface area contributed by atoms with Gasteiger partial charge >= 0.3 is 24.1 Å². The Hall–Kier alpha value is -1.97. The van der Waals surface area contributed by atoms with Crippen molar-refractivity contribution in [2.24, 2.45) is 0 Å². The lowest BCUT2D eigenvalue weighted by Gasteiger charge is -2.34. The highest BCUT2D eigenvalue weighted by molar-refractivity contribution is 5.68. The minimum atomic E-state index is -5.77. The van der Waals surface area contributed by atoms with Gasteiger partial charge in [0.05, 0.1) is 13.2 Å². The number of hydrogen-bond acceptors (Lipinski definition) is 2. The Labute approximate surface area is 134 Å². The molecule has 1 aromatic rings. The molecule has 0 bridgehead atoms. The third kappa shape index (κ3) is 4.76. The van der Waals surface area contributed by atoms with Gasteiger partial charge in [0.2, 0.25) is 0 Å². The molecular formula is C14H17F6N2O2+. The first-order chi connectivity index (χ1) is 11.0. The Morgan fingerprint density at radius 2 is 1.62 bits per heavy atom. The summed E-state index contributed by atoms with van der Waals surface area (Å²) in [4.78, 5) is 11.2. The van der Waals surface area contributed by atoms with Gasteiger partial charge in [-0.25, -0.2) is 4.79 Å². The third-order valence-corrected chi connectivity index (χ3v) is 3.20. The zero-order chi connectivity index (χ0) is 18.4. The number of nitrogens with two attached hydrogens (primary N) is 1. The maximum atomic E-state index is 13.2. The van der Waals surface area contributed by atoms with Gasteiger partial charge in [-0.15, -0.1) is 0 Å². The van der Waals surface area contributed by atoms with Gasteiger partial charge in [0, 0.05) is 6.42 Å². The van der Waals surface area contributed by atoms with Crippen LogP contribution >= 0.6 is 0 Å². The highest BCUT2D eigenvalue weighted by atomic mass is 19.4. The number of hydrogen-bond donors (Lipinski definition) is 2. The summed E-state index contributed by atoms with van der Waals surface area (Å²) in [5.41, 5.74) is -3.90. The van der Waals surface area contributed by atoms with Crippen molar-refractivity contribution in [3.63, 3.8) is 0 Å². The van der Waals surface area contributed by atoms with E-state index in [1.54, 1.807) is 30.3 Å². The monoisotopic (exact) mass is 359 g/mol. The summed E-state index contributed by atoms with van der Waals surface area (Å²) in [6.07, 6.45) is -13.4. The van der Waals surface area contributed by atoms with Crippen LogP contribution < -0.4 is 10.6 Å². The standard InChI is InChI=1S/C14H16F6N2O2/c1-2-24-11(23)22-12(13(15,16)17,14(18,19)20)21-9-8-10-6-4-3-5-7-10/h3-7,21H,2,8-9H2,1H3,(H,22,23)/p+1. The van der Waals surface area contributed by atoms with E-state index in [0.29, 0.717) is 5.56 Å². The molecule has 4 nitrogen and oxygen atoms in total. The van der Waals surface area contributed by atoms with Crippen LogP contribution in [0.2, 0.25) is 0 Å². The van der Waals surface area contributed by atoms with Crippen molar-refractivity contribution in [2.75, 3.05) is 13.2 Å². The van der Waals surface area contributed by atoms with Crippen molar-refractivity contribution in [1.82, 2.24) is 5.32 Å². The van der Waals surface area contributed by atoms with Crippen molar-refractivity contribution < 1.29 is 41.2 Å². The molecule has 0 saturated carbocycles. The molecule has 0 aliphatic heterocycles. The second-order valence-corrected chi connectivity index (χ2v) is 4.88. The third-order valence-electron chi connectivity index (χ3n) is 3.20. The molecule has 0 spiro atoms. The number of alkyl carbamates (subject to hydrolysis) is 1. The Bertz CT molecular complexity index is 516. The van der Waals surface area contributed by atoms with E-state index in [0.717, 1.165) is 5.32 Å². The number of amides is 1. The summed E-state index contributed by atoms with van der Waals surface area (Å²) in [5.74, 6) is 0. The zero-order valence-corrected chi connectivity index (χ0v) is 12.7. The van der Waals surface area contributed by atoms with E-state index in [-0.39, 0.29) is 18.3 Å². The number of benzene rings is 1. The zero-order valence-electron chi connectivity index (χ0n) is 12.7. The second-order valence-electron chi connectivity index (χ2n) is 4.88. The summed E-state index contributed by atoms with van der Waals surface area (Å²) >= 11 is 0.